The molecule has 0 radical (unpaired) electrons. The number of nitrogens with one attached hydrogen (secondary N) is 2. The minimum Gasteiger partial charge on any atom is -0.388 e. The number of carbonyl (C=O) groups is 1. The molecule has 0 fully saturated rings. The molecule has 0 aliphatic carbocycles. The summed E-state index contributed by atoms with van der Waals surface area (Å²) in [6, 6.07) is 11.3. The van der Waals surface area contributed by atoms with Crippen LogP contribution in [-0.4, -0.2) is 22.9 Å². The zero-order valence-electron chi connectivity index (χ0n) is 10.8. The first-order chi connectivity index (χ1) is 9.76. The van der Waals surface area contributed by atoms with Gasteiger partial charge in [-0.1, -0.05) is 23.5 Å². The summed E-state index contributed by atoms with van der Waals surface area (Å²) in [6.07, 6.45) is 1.60. The van der Waals surface area contributed by atoms with Crippen LogP contribution in [0.4, 0.5) is 10.8 Å². The third-order valence-electron chi connectivity index (χ3n) is 2.80. The Hall–Kier alpha value is -2.47. The summed E-state index contributed by atoms with van der Waals surface area (Å²) in [5.74, 6) is -0.263. The molecule has 0 aliphatic heterocycles. The molecule has 0 spiro atoms. The number of hydrogen-bond donors (Lipinski definition) is 2. The van der Waals surface area contributed by atoms with Crippen LogP contribution in [0.1, 0.15) is 10.5 Å². The van der Waals surface area contributed by atoms with Gasteiger partial charge >= 0.3 is 0 Å². The number of amides is 1. The molecule has 3 aromatic rings. The molecule has 0 saturated heterocycles. The predicted octanol–water partition coefficient (Wildman–Crippen LogP) is 2.99. The lowest BCUT2D eigenvalue weighted by Gasteiger charge is -2.03. The van der Waals surface area contributed by atoms with Gasteiger partial charge in [0.05, 0.1) is 10.2 Å². The lowest BCUT2D eigenvalue weighted by molar-refractivity contribution is 0.102. The van der Waals surface area contributed by atoms with Crippen molar-refractivity contribution >= 4 is 38.3 Å². The maximum Gasteiger partial charge on any atom is 0.276 e. The van der Waals surface area contributed by atoms with Crippen LogP contribution in [0, 0.1) is 0 Å². The van der Waals surface area contributed by atoms with Gasteiger partial charge < -0.3 is 5.32 Å². The largest absolute Gasteiger partial charge is 0.388 e. The van der Waals surface area contributed by atoms with Crippen molar-refractivity contribution in [1.82, 2.24) is 9.97 Å². The number of fused-ring (bicyclic) bond motifs is 1. The third kappa shape index (κ3) is 2.46. The van der Waals surface area contributed by atoms with Crippen LogP contribution in [0.2, 0.25) is 0 Å². The molecule has 3 rings (SSSR count). The Labute approximate surface area is 119 Å². The van der Waals surface area contributed by atoms with Crippen LogP contribution in [0.15, 0.2) is 42.6 Å². The summed E-state index contributed by atoms with van der Waals surface area (Å²) < 4.78 is 1.04. The van der Waals surface area contributed by atoms with Gasteiger partial charge in [0.25, 0.3) is 5.91 Å². The average molecular weight is 284 g/mol. The number of para-hydroxylation sites is 1. The number of thiazole rings is 1. The fourth-order valence-electron chi connectivity index (χ4n) is 1.80. The van der Waals surface area contributed by atoms with Crippen molar-refractivity contribution in [1.29, 1.82) is 0 Å². The molecule has 0 atom stereocenters. The lowest BCUT2D eigenvalue weighted by atomic mass is 10.3. The van der Waals surface area contributed by atoms with E-state index in [1.54, 1.807) is 25.4 Å². The zero-order valence-corrected chi connectivity index (χ0v) is 11.6. The molecular weight excluding hydrogens is 272 g/mol. The molecule has 1 aromatic carbocycles. The highest BCUT2D eigenvalue weighted by molar-refractivity contribution is 7.22. The van der Waals surface area contributed by atoms with Gasteiger partial charge in [-0.3, -0.25) is 15.1 Å². The fraction of sp³-hybridized carbons (Fsp3) is 0.0714. The van der Waals surface area contributed by atoms with Crippen molar-refractivity contribution < 1.29 is 4.79 Å². The number of pyridine rings is 1. The van der Waals surface area contributed by atoms with Gasteiger partial charge in [-0.25, -0.2) is 4.98 Å². The lowest BCUT2D eigenvalue weighted by Crippen LogP contribution is -2.13. The second kappa shape index (κ2) is 5.26. The molecule has 0 aliphatic rings. The molecular formula is C14H12N4OS. The van der Waals surface area contributed by atoms with E-state index < -0.39 is 0 Å². The first-order valence-electron chi connectivity index (χ1n) is 6.07. The van der Waals surface area contributed by atoms with E-state index in [-0.39, 0.29) is 5.91 Å². The monoisotopic (exact) mass is 284 g/mol. The third-order valence-corrected chi connectivity index (χ3v) is 3.75. The number of anilines is 2. The molecule has 20 heavy (non-hydrogen) atoms. The van der Waals surface area contributed by atoms with Crippen LogP contribution < -0.4 is 10.6 Å². The van der Waals surface area contributed by atoms with E-state index in [2.05, 4.69) is 20.6 Å². The van der Waals surface area contributed by atoms with Crippen LogP contribution in [-0.2, 0) is 0 Å². The number of benzene rings is 1. The summed E-state index contributed by atoms with van der Waals surface area (Å²) in [5, 5.41) is 6.33. The molecule has 2 heterocycles. The van der Waals surface area contributed by atoms with Crippen molar-refractivity contribution in [2.45, 2.75) is 0 Å². The van der Waals surface area contributed by atoms with E-state index in [1.807, 2.05) is 24.3 Å². The van der Waals surface area contributed by atoms with Crippen molar-refractivity contribution in [3.05, 3.63) is 48.3 Å². The van der Waals surface area contributed by atoms with Crippen molar-refractivity contribution in [3.8, 4) is 0 Å². The summed E-state index contributed by atoms with van der Waals surface area (Å²) in [7, 11) is 1.80. The topological polar surface area (TPSA) is 66.9 Å². The molecule has 6 heteroatoms. The quantitative estimate of drug-likeness (QED) is 0.776. The molecule has 0 bridgehead atoms. The van der Waals surface area contributed by atoms with Crippen molar-refractivity contribution in [3.63, 3.8) is 0 Å². The predicted molar refractivity (Wildman–Crippen MR) is 81.4 cm³/mol. The van der Waals surface area contributed by atoms with E-state index in [1.165, 1.54) is 11.3 Å². The Bertz CT molecular complexity index is 735. The molecule has 0 saturated carbocycles. The van der Waals surface area contributed by atoms with E-state index in [9.17, 15) is 4.79 Å². The molecule has 2 N–H and O–H groups in total. The van der Waals surface area contributed by atoms with E-state index in [4.69, 9.17) is 0 Å². The Morgan fingerprint density at radius 2 is 2.10 bits per heavy atom. The van der Waals surface area contributed by atoms with Crippen molar-refractivity contribution in [2.75, 3.05) is 17.7 Å². The average Bonchev–Trinajstić information content (AvgIpc) is 2.89. The van der Waals surface area contributed by atoms with Crippen LogP contribution >= 0.6 is 11.3 Å². The Morgan fingerprint density at radius 3 is 2.90 bits per heavy atom. The summed E-state index contributed by atoms with van der Waals surface area (Å²) in [4.78, 5) is 20.6. The Kier molecular flexibility index (Phi) is 3.30. The summed E-state index contributed by atoms with van der Waals surface area (Å²) in [5.41, 5.74) is 2.08. The highest BCUT2D eigenvalue weighted by Gasteiger charge is 2.11. The molecule has 0 unspecified atom stereocenters. The first kappa shape index (κ1) is 12.6. The number of aromatic nitrogens is 2. The van der Waals surface area contributed by atoms with Crippen LogP contribution in [0.5, 0.6) is 0 Å². The number of carbonyl (C=O) groups excluding carboxylic acids is 1. The molecule has 1 amide bonds. The van der Waals surface area contributed by atoms with Gasteiger partial charge in [0, 0.05) is 18.9 Å². The van der Waals surface area contributed by atoms with Gasteiger partial charge in [-0.05, 0) is 24.3 Å². The number of hydrogen-bond acceptors (Lipinski definition) is 5. The van der Waals surface area contributed by atoms with Gasteiger partial charge in [0.15, 0.2) is 5.13 Å². The molecule has 100 valence electrons. The minimum absolute atomic E-state index is 0.263. The zero-order chi connectivity index (χ0) is 13.9. The maximum absolute atomic E-state index is 12.1. The van der Waals surface area contributed by atoms with E-state index in [0.717, 1.165) is 15.9 Å². The second-order valence-corrected chi connectivity index (χ2v) is 5.15. The normalized spacial score (nSPS) is 10.4. The fourth-order valence-corrected chi connectivity index (χ4v) is 2.66. The van der Waals surface area contributed by atoms with Crippen LogP contribution in [0.25, 0.3) is 10.2 Å². The summed E-state index contributed by atoms with van der Waals surface area (Å²) in [6.45, 7) is 0. The highest BCUT2D eigenvalue weighted by Crippen LogP contribution is 2.25. The number of rotatable bonds is 3. The SMILES string of the molecule is CNc1ccnc(C(=O)Nc2nc3ccccc3s2)c1. The Morgan fingerprint density at radius 1 is 1.25 bits per heavy atom. The van der Waals surface area contributed by atoms with Gasteiger partial charge in [0.1, 0.15) is 5.69 Å². The minimum atomic E-state index is -0.263. The Balaban J connectivity index is 1.84. The van der Waals surface area contributed by atoms with Crippen molar-refractivity contribution in [2.24, 2.45) is 0 Å². The standard InChI is InChI=1S/C14H12N4OS/c1-15-9-6-7-16-11(8-9)13(19)18-14-17-10-4-2-3-5-12(10)20-14/h2-8H,1H3,(H,15,16)(H,17,18,19). The van der Waals surface area contributed by atoms with E-state index in [0.29, 0.717) is 10.8 Å². The molecule has 5 nitrogen and oxygen atoms in total. The first-order valence-corrected chi connectivity index (χ1v) is 6.88. The van der Waals surface area contributed by atoms with E-state index >= 15 is 0 Å². The highest BCUT2D eigenvalue weighted by atomic mass is 32.1. The second-order valence-electron chi connectivity index (χ2n) is 4.12. The maximum atomic E-state index is 12.1. The summed E-state index contributed by atoms with van der Waals surface area (Å²) >= 11 is 1.44. The van der Waals surface area contributed by atoms with Gasteiger partial charge in [-0.15, -0.1) is 0 Å². The van der Waals surface area contributed by atoms with Crippen LogP contribution in [0.3, 0.4) is 0 Å². The number of nitrogens with zero attached hydrogens (tertiary/aromatic N) is 2. The smallest absolute Gasteiger partial charge is 0.276 e. The van der Waals surface area contributed by atoms with Gasteiger partial charge in [-0.2, -0.15) is 0 Å². The van der Waals surface area contributed by atoms with Gasteiger partial charge in [0.2, 0.25) is 0 Å². The molecule has 2 aromatic heterocycles.